The summed E-state index contributed by atoms with van der Waals surface area (Å²) in [6.45, 7) is 6.86. The summed E-state index contributed by atoms with van der Waals surface area (Å²) in [4.78, 5) is 12.1. The molecule has 0 saturated carbocycles. The van der Waals surface area contributed by atoms with Crippen LogP contribution in [0.5, 0.6) is 11.5 Å². The monoisotopic (exact) mass is 322 g/mol. The summed E-state index contributed by atoms with van der Waals surface area (Å²) >= 11 is 0. The Kier molecular flexibility index (Phi) is 7.16. The van der Waals surface area contributed by atoms with Gasteiger partial charge in [-0.05, 0) is 51.9 Å². The van der Waals surface area contributed by atoms with Crippen LogP contribution in [0.15, 0.2) is 18.2 Å². The van der Waals surface area contributed by atoms with E-state index in [1.165, 1.54) is 0 Å². The van der Waals surface area contributed by atoms with Crippen LogP contribution in [0.2, 0.25) is 0 Å². The summed E-state index contributed by atoms with van der Waals surface area (Å²) in [5, 5.41) is 6.12. The first-order chi connectivity index (χ1) is 11.2. The number of carbonyl (C=O) groups is 1. The van der Waals surface area contributed by atoms with Crippen molar-refractivity contribution < 1.29 is 19.0 Å². The molecule has 2 N–H and O–H groups in total. The molecule has 128 valence electrons. The summed E-state index contributed by atoms with van der Waals surface area (Å²) in [5.74, 6) is 1.15. The van der Waals surface area contributed by atoms with Crippen molar-refractivity contribution in [3.05, 3.63) is 18.2 Å². The molecule has 0 atom stereocenters. The van der Waals surface area contributed by atoms with E-state index in [-0.39, 0.29) is 18.6 Å². The van der Waals surface area contributed by atoms with Gasteiger partial charge in [0, 0.05) is 6.07 Å². The zero-order valence-corrected chi connectivity index (χ0v) is 13.9. The lowest BCUT2D eigenvalue weighted by Gasteiger charge is -2.22. The quantitative estimate of drug-likeness (QED) is 0.768. The van der Waals surface area contributed by atoms with E-state index < -0.39 is 0 Å². The number of ether oxygens (including phenoxy) is 3. The van der Waals surface area contributed by atoms with Gasteiger partial charge in [-0.1, -0.05) is 0 Å². The van der Waals surface area contributed by atoms with Crippen molar-refractivity contribution in [1.82, 2.24) is 5.32 Å². The van der Waals surface area contributed by atoms with Crippen LogP contribution in [0.25, 0.3) is 0 Å². The third-order valence-corrected chi connectivity index (χ3v) is 3.57. The maximum Gasteiger partial charge on any atom is 0.250 e. The third kappa shape index (κ3) is 5.73. The second-order valence-electron chi connectivity index (χ2n) is 5.33. The molecule has 0 bridgehead atoms. The Hall–Kier alpha value is -1.79. The fourth-order valence-electron chi connectivity index (χ4n) is 2.49. The van der Waals surface area contributed by atoms with Gasteiger partial charge in [-0.15, -0.1) is 0 Å². The molecule has 1 aliphatic rings. The first-order valence-corrected chi connectivity index (χ1v) is 8.24. The van der Waals surface area contributed by atoms with Crippen molar-refractivity contribution in [2.45, 2.75) is 32.8 Å². The lowest BCUT2D eigenvalue weighted by atomic mass is 10.1. The molecule has 0 unspecified atom stereocenters. The third-order valence-electron chi connectivity index (χ3n) is 3.57. The predicted molar refractivity (Wildman–Crippen MR) is 89.3 cm³/mol. The number of anilines is 1. The Morgan fingerprint density at radius 1 is 1.22 bits per heavy atom. The molecule has 1 heterocycles. The number of nitrogens with one attached hydrogen (secondary N) is 2. The van der Waals surface area contributed by atoms with Crippen LogP contribution in [-0.4, -0.2) is 44.9 Å². The van der Waals surface area contributed by atoms with E-state index >= 15 is 0 Å². The van der Waals surface area contributed by atoms with E-state index in [0.717, 1.165) is 25.9 Å². The summed E-state index contributed by atoms with van der Waals surface area (Å²) in [5.41, 5.74) is 0.608. The number of hydrogen-bond acceptors (Lipinski definition) is 5. The summed E-state index contributed by atoms with van der Waals surface area (Å²) in [6, 6.07) is 5.41. The highest BCUT2D eigenvalue weighted by Gasteiger charge is 2.16. The van der Waals surface area contributed by atoms with E-state index in [1.54, 1.807) is 12.1 Å². The van der Waals surface area contributed by atoms with Crippen LogP contribution in [-0.2, 0) is 9.53 Å². The Bertz CT molecular complexity index is 501. The van der Waals surface area contributed by atoms with Crippen molar-refractivity contribution in [2.75, 3.05) is 38.2 Å². The lowest BCUT2D eigenvalue weighted by molar-refractivity contribution is -0.123. The molecule has 1 saturated heterocycles. The van der Waals surface area contributed by atoms with Crippen molar-refractivity contribution in [1.29, 1.82) is 0 Å². The topological polar surface area (TPSA) is 68.8 Å². The Morgan fingerprint density at radius 2 is 1.96 bits per heavy atom. The maximum absolute atomic E-state index is 12.1. The van der Waals surface area contributed by atoms with Gasteiger partial charge in [-0.3, -0.25) is 4.79 Å². The highest BCUT2D eigenvalue weighted by Crippen LogP contribution is 2.29. The molecule has 0 radical (unpaired) electrons. The molecule has 2 rings (SSSR count). The average Bonchev–Trinajstić information content (AvgIpc) is 2.57. The molecular formula is C17H26N2O4. The van der Waals surface area contributed by atoms with Crippen molar-refractivity contribution in [3.8, 4) is 11.5 Å². The van der Waals surface area contributed by atoms with Crippen LogP contribution in [0.4, 0.5) is 5.69 Å². The summed E-state index contributed by atoms with van der Waals surface area (Å²) in [6.07, 6.45) is 2.04. The van der Waals surface area contributed by atoms with Gasteiger partial charge >= 0.3 is 0 Å². The Morgan fingerprint density at radius 3 is 2.65 bits per heavy atom. The Labute approximate surface area is 137 Å². The van der Waals surface area contributed by atoms with Gasteiger partial charge < -0.3 is 24.8 Å². The summed E-state index contributed by atoms with van der Waals surface area (Å²) < 4.78 is 16.7. The van der Waals surface area contributed by atoms with Gasteiger partial charge in [0.1, 0.15) is 18.1 Å². The molecular weight excluding hydrogens is 296 g/mol. The zero-order valence-electron chi connectivity index (χ0n) is 13.9. The lowest BCUT2D eigenvalue weighted by Crippen LogP contribution is -2.34. The fourth-order valence-corrected chi connectivity index (χ4v) is 2.49. The molecule has 0 spiro atoms. The van der Waals surface area contributed by atoms with Gasteiger partial charge in [0.2, 0.25) is 5.91 Å². The Balaban J connectivity index is 1.93. The minimum Gasteiger partial charge on any atom is -0.494 e. The first-order valence-electron chi connectivity index (χ1n) is 8.24. The smallest absolute Gasteiger partial charge is 0.250 e. The van der Waals surface area contributed by atoms with Gasteiger partial charge in [-0.25, -0.2) is 0 Å². The standard InChI is InChI=1S/C17H26N2O4/c1-3-21-14-5-6-16(22-4-2)15(11-14)19-17(20)12-23-13-7-9-18-10-8-13/h5-6,11,13,18H,3-4,7-10,12H2,1-2H3,(H,19,20). The van der Waals surface area contributed by atoms with E-state index in [1.807, 2.05) is 19.9 Å². The predicted octanol–water partition coefficient (Wildman–Crippen LogP) is 2.19. The molecule has 6 nitrogen and oxygen atoms in total. The van der Waals surface area contributed by atoms with Gasteiger partial charge in [0.15, 0.2) is 0 Å². The first kappa shape index (κ1) is 17.6. The molecule has 23 heavy (non-hydrogen) atoms. The normalized spacial score (nSPS) is 15.2. The van der Waals surface area contributed by atoms with Crippen molar-refractivity contribution in [2.24, 2.45) is 0 Å². The van der Waals surface area contributed by atoms with Gasteiger partial charge in [0.05, 0.1) is 25.0 Å². The fraction of sp³-hybridized carbons (Fsp3) is 0.588. The highest BCUT2D eigenvalue weighted by atomic mass is 16.5. The molecule has 1 aromatic carbocycles. The molecule has 1 fully saturated rings. The molecule has 0 aromatic heterocycles. The number of hydrogen-bond donors (Lipinski definition) is 2. The van der Waals surface area contributed by atoms with Crippen LogP contribution in [0.1, 0.15) is 26.7 Å². The van der Waals surface area contributed by atoms with E-state index in [4.69, 9.17) is 14.2 Å². The van der Waals surface area contributed by atoms with Crippen molar-refractivity contribution >= 4 is 11.6 Å². The number of piperidine rings is 1. The molecule has 1 aromatic rings. The molecule has 6 heteroatoms. The molecule has 0 aliphatic carbocycles. The van der Waals surface area contributed by atoms with Gasteiger partial charge in [0.25, 0.3) is 0 Å². The largest absolute Gasteiger partial charge is 0.494 e. The van der Waals surface area contributed by atoms with Crippen LogP contribution in [0, 0.1) is 0 Å². The van der Waals surface area contributed by atoms with Gasteiger partial charge in [-0.2, -0.15) is 0 Å². The number of amides is 1. The van der Waals surface area contributed by atoms with E-state index in [0.29, 0.717) is 30.4 Å². The SMILES string of the molecule is CCOc1ccc(OCC)c(NC(=O)COC2CCNCC2)c1. The van der Waals surface area contributed by atoms with Crippen molar-refractivity contribution in [3.63, 3.8) is 0 Å². The second kappa shape index (κ2) is 9.37. The number of carbonyl (C=O) groups excluding carboxylic acids is 1. The highest BCUT2D eigenvalue weighted by molar-refractivity contribution is 5.93. The van der Waals surface area contributed by atoms with E-state index in [2.05, 4.69) is 10.6 Å². The minimum absolute atomic E-state index is 0.0507. The average molecular weight is 322 g/mol. The zero-order chi connectivity index (χ0) is 16.5. The molecule has 1 amide bonds. The second-order valence-corrected chi connectivity index (χ2v) is 5.33. The van der Waals surface area contributed by atoms with Crippen LogP contribution < -0.4 is 20.1 Å². The van der Waals surface area contributed by atoms with E-state index in [9.17, 15) is 4.79 Å². The van der Waals surface area contributed by atoms with Crippen LogP contribution >= 0.6 is 0 Å². The maximum atomic E-state index is 12.1. The summed E-state index contributed by atoms with van der Waals surface area (Å²) in [7, 11) is 0. The minimum atomic E-state index is -0.182. The number of benzene rings is 1. The molecule has 1 aliphatic heterocycles. The number of rotatable bonds is 8. The van der Waals surface area contributed by atoms with Crippen LogP contribution in [0.3, 0.4) is 0 Å².